The Balaban J connectivity index is 1.50. The Morgan fingerprint density at radius 3 is 3.00 bits per heavy atom. The molecule has 0 bridgehead atoms. The van der Waals surface area contributed by atoms with E-state index in [9.17, 15) is 0 Å². The predicted molar refractivity (Wildman–Crippen MR) is 116 cm³/mol. The van der Waals surface area contributed by atoms with Crippen molar-refractivity contribution in [1.29, 1.82) is 0 Å². The van der Waals surface area contributed by atoms with Gasteiger partial charge in [-0.2, -0.15) is 10.2 Å². The largest absolute Gasteiger partial charge is 0.492 e. The fourth-order valence-corrected chi connectivity index (χ4v) is 4.69. The molecule has 0 saturated carbocycles. The van der Waals surface area contributed by atoms with Crippen molar-refractivity contribution in [2.24, 2.45) is 0 Å². The first-order chi connectivity index (χ1) is 15.1. The van der Waals surface area contributed by atoms with Gasteiger partial charge in [0.05, 0.1) is 25.0 Å². The third-order valence-corrected chi connectivity index (χ3v) is 6.26. The fourth-order valence-electron chi connectivity index (χ4n) is 3.65. The number of thiazole rings is 1. The summed E-state index contributed by atoms with van der Waals surface area (Å²) in [5, 5.41) is 18.1. The van der Waals surface area contributed by atoms with Crippen LogP contribution in [0.2, 0.25) is 0 Å². The van der Waals surface area contributed by atoms with E-state index in [0.29, 0.717) is 13.2 Å². The second kappa shape index (κ2) is 8.22. The monoisotopic (exact) mass is 438 g/mol. The minimum absolute atomic E-state index is 0.188. The van der Waals surface area contributed by atoms with E-state index in [1.165, 1.54) is 4.88 Å². The molecular formula is C21H22N6O3S. The lowest BCUT2D eigenvalue weighted by Gasteiger charge is -2.09. The standard InChI is InChI=1S/C21H22N6O3S/c1-13(2)27-20(22-12-24-27)21-25-19-16-4-3-14(9-17(16)29-7-5-18(19)31-21)15-10-23-26(11-15)6-8-30-28/h3-4,9-13,28H,5-8H2,1-2H3. The topological polar surface area (TPSA) is 100 Å². The van der Waals surface area contributed by atoms with E-state index in [1.807, 2.05) is 16.9 Å². The van der Waals surface area contributed by atoms with Crippen LogP contribution >= 0.6 is 11.3 Å². The highest BCUT2D eigenvalue weighted by molar-refractivity contribution is 7.15. The summed E-state index contributed by atoms with van der Waals surface area (Å²) in [5.41, 5.74) is 3.91. The van der Waals surface area contributed by atoms with E-state index < -0.39 is 0 Å². The van der Waals surface area contributed by atoms with E-state index in [-0.39, 0.29) is 12.6 Å². The minimum Gasteiger partial charge on any atom is -0.492 e. The molecule has 1 aliphatic rings. The lowest BCUT2D eigenvalue weighted by Crippen LogP contribution is -2.04. The molecule has 31 heavy (non-hydrogen) atoms. The number of benzene rings is 1. The summed E-state index contributed by atoms with van der Waals surface area (Å²) in [4.78, 5) is 14.7. The molecule has 4 heterocycles. The van der Waals surface area contributed by atoms with Gasteiger partial charge >= 0.3 is 0 Å². The van der Waals surface area contributed by atoms with Crippen molar-refractivity contribution in [2.45, 2.75) is 32.9 Å². The Morgan fingerprint density at radius 1 is 1.26 bits per heavy atom. The molecule has 0 saturated heterocycles. The molecule has 3 aromatic heterocycles. The van der Waals surface area contributed by atoms with Crippen LogP contribution in [0.15, 0.2) is 36.9 Å². The minimum atomic E-state index is 0.188. The van der Waals surface area contributed by atoms with E-state index in [4.69, 9.17) is 15.0 Å². The van der Waals surface area contributed by atoms with Gasteiger partial charge in [0.15, 0.2) is 10.8 Å². The Kier molecular flexibility index (Phi) is 5.26. The van der Waals surface area contributed by atoms with Gasteiger partial charge in [-0.25, -0.2) is 19.5 Å². The van der Waals surface area contributed by atoms with Crippen molar-refractivity contribution in [3.8, 4) is 39.0 Å². The van der Waals surface area contributed by atoms with E-state index in [1.54, 1.807) is 28.5 Å². The van der Waals surface area contributed by atoms with Crippen molar-refractivity contribution in [3.05, 3.63) is 41.8 Å². The van der Waals surface area contributed by atoms with Crippen LogP contribution in [0.25, 0.3) is 33.2 Å². The average molecular weight is 439 g/mol. The summed E-state index contributed by atoms with van der Waals surface area (Å²) in [6, 6.07) is 6.35. The molecule has 9 nitrogen and oxygen atoms in total. The molecule has 0 radical (unpaired) electrons. The molecule has 1 aromatic carbocycles. The zero-order chi connectivity index (χ0) is 21.4. The third kappa shape index (κ3) is 3.73. The van der Waals surface area contributed by atoms with Gasteiger partial charge in [0.2, 0.25) is 0 Å². The number of hydrogen-bond donors (Lipinski definition) is 1. The quantitative estimate of drug-likeness (QED) is 0.359. The highest BCUT2D eigenvalue weighted by atomic mass is 32.1. The van der Waals surface area contributed by atoms with Gasteiger partial charge in [-0.05, 0) is 31.5 Å². The first-order valence-corrected chi connectivity index (χ1v) is 10.9. The van der Waals surface area contributed by atoms with Gasteiger partial charge in [0, 0.05) is 34.7 Å². The predicted octanol–water partition coefficient (Wildman–Crippen LogP) is 3.94. The molecule has 1 N–H and O–H groups in total. The summed E-state index contributed by atoms with van der Waals surface area (Å²) in [6.45, 7) is 5.42. The molecule has 5 rings (SSSR count). The number of fused-ring (bicyclic) bond motifs is 3. The molecule has 0 spiro atoms. The summed E-state index contributed by atoms with van der Waals surface area (Å²) in [5.74, 6) is 1.61. The Hall–Kier alpha value is -3.08. The fraction of sp³-hybridized carbons (Fsp3) is 0.333. The molecule has 0 atom stereocenters. The molecule has 4 aromatic rings. The van der Waals surface area contributed by atoms with Crippen molar-refractivity contribution >= 4 is 11.3 Å². The van der Waals surface area contributed by atoms with Gasteiger partial charge in [-0.15, -0.1) is 11.3 Å². The third-order valence-electron chi connectivity index (χ3n) is 5.15. The summed E-state index contributed by atoms with van der Waals surface area (Å²) in [6.07, 6.45) is 6.09. The SMILES string of the molecule is CC(C)n1ncnc1-c1nc2c(s1)CCOc1cc(-c3cnn(CCOO)c3)ccc1-2. The summed E-state index contributed by atoms with van der Waals surface area (Å²) >= 11 is 1.65. The van der Waals surface area contributed by atoms with Crippen molar-refractivity contribution in [2.75, 3.05) is 13.2 Å². The van der Waals surface area contributed by atoms with Crippen LogP contribution in [0.3, 0.4) is 0 Å². The molecule has 160 valence electrons. The molecule has 10 heteroatoms. The van der Waals surface area contributed by atoms with Crippen LogP contribution in [0.1, 0.15) is 24.8 Å². The summed E-state index contributed by atoms with van der Waals surface area (Å²) in [7, 11) is 0. The first kappa shape index (κ1) is 19.9. The van der Waals surface area contributed by atoms with Crippen LogP contribution in [-0.2, 0) is 17.9 Å². The maximum absolute atomic E-state index is 8.52. The Morgan fingerprint density at radius 2 is 2.16 bits per heavy atom. The average Bonchev–Trinajstić information content (AvgIpc) is 3.50. The molecule has 0 aliphatic carbocycles. The van der Waals surface area contributed by atoms with Gasteiger partial charge < -0.3 is 4.74 Å². The Bertz CT molecular complexity index is 1210. The van der Waals surface area contributed by atoms with Crippen molar-refractivity contribution in [3.63, 3.8) is 0 Å². The van der Waals surface area contributed by atoms with Crippen LogP contribution in [0.5, 0.6) is 5.75 Å². The number of aromatic nitrogens is 6. The zero-order valence-electron chi connectivity index (χ0n) is 17.2. The molecule has 0 amide bonds. The first-order valence-electron chi connectivity index (χ1n) is 10.1. The zero-order valence-corrected chi connectivity index (χ0v) is 18.0. The maximum Gasteiger partial charge on any atom is 0.187 e. The van der Waals surface area contributed by atoms with E-state index in [0.717, 1.165) is 45.4 Å². The number of nitrogens with zero attached hydrogens (tertiary/aromatic N) is 6. The lowest BCUT2D eigenvalue weighted by molar-refractivity contribution is -0.244. The molecule has 1 aliphatic heterocycles. The van der Waals surface area contributed by atoms with Gasteiger partial charge in [0.1, 0.15) is 18.7 Å². The molecule has 0 fully saturated rings. The maximum atomic E-state index is 8.52. The normalized spacial score (nSPS) is 13.0. The smallest absolute Gasteiger partial charge is 0.187 e. The number of hydrogen-bond acceptors (Lipinski definition) is 8. The second-order valence-electron chi connectivity index (χ2n) is 7.55. The number of ether oxygens (including phenoxy) is 1. The van der Waals surface area contributed by atoms with Gasteiger partial charge in [-0.1, -0.05) is 6.07 Å². The second-order valence-corrected chi connectivity index (χ2v) is 8.63. The van der Waals surface area contributed by atoms with Gasteiger partial charge in [0.25, 0.3) is 0 Å². The number of rotatable bonds is 6. The van der Waals surface area contributed by atoms with Crippen molar-refractivity contribution < 1.29 is 14.9 Å². The highest BCUT2D eigenvalue weighted by Crippen LogP contribution is 2.41. The van der Waals surface area contributed by atoms with Crippen LogP contribution in [-0.4, -0.2) is 48.0 Å². The van der Waals surface area contributed by atoms with Gasteiger partial charge in [-0.3, -0.25) is 9.94 Å². The van der Waals surface area contributed by atoms with E-state index >= 15 is 0 Å². The molecular weight excluding hydrogens is 416 g/mol. The van der Waals surface area contributed by atoms with Crippen LogP contribution in [0.4, 0.5) is 0 Å². The molecule has 0 unspecified atom stereocenters. The highest BCUT2D eigenvalue weighted by Gasteiger charge is 2.23. The van der Waals surface area contributed by atoms with Crippen LogP contribution in [0, 0.1) is 0 Å². The van der Waals surface area contributed by atoms with Crippen molar-refractivity contribution in [1.82, 2.24) is 29.5 Å². The van der Waals surface area contributed by atoms with Crippen LogP contribution < -0.4 is 4.74 Å². The van der Waals surface area contributed by atoms with E-state index in [2.05, 4.69) is 46.0 Å². The lowest BCUT2D eigenvalue weighted by atomic mass is 10.0. The Labute approximate surface area is 182 Å². The summed E-state index contributed by atoms with van der Waals surface area (Å²) < 4.78 is 9.70.